The second-order valence-electron chi connectivity index (χ2n) is 5.58. The highest BCUT2D eigenvalue weighted by atomic mass is 32.1. The fourth-order valence-electron chi connectivity index (χ4n) is 2.39. The van der Waals surface area contributed by atoms with Gasteiger partial charge in [0, 0.05) is 19.2 Å². The zero-order chi connectivity index (χ0) is 17.8. The van der Waals surface area contributed by atoms with E-state index in [4.69, 9.17) is 4.42 Å². The molecular weight excluding hydrogens is 340 g/mol. The van der Waals surface area contributed by atoms with Crippen molar-refractivity contribution in [3.05, 3.63) is 63.5 Å². The number of rotatable bonds is 6. The highest BCUT2D eigenvalue weighted by molar-refractivity contribution is 7.13. The molecular formula is C17H18N4O3S. The van der Waals surface area contributed by atoms with Crippen molar-refractivity contribution in [3.8, 4) is 10.8 Å². The minimum absolute atomic E-state index is 0.116. The topological polar surface area (TPSA) is 80.4 Å². The van der Waals surface area contributed by atoms with E-state index in [1.165, 1.54) is 16.0 Å². The standard InChI is InChI=1S/C17H18N4O3S/c1-18-15(22)13-7-5-12(6-8-13)10-20(2)11-21-17(23)24-16(19-21)14-4-3-9-25-14/h3-9H,10-11H2,1-2H3,(H,18,22). The van der Waals surface area contributed by atoms with Crippen LogP contribution in [0.15, 0.2) is 51.0 Å². The van der Waals surface area contributed by atoms with Crippen molar-refractivity contribution < 1.29 is 9.21 Å². The lowest BCUT2D eigenvalue weighted by atomic mass is 10.1. The van der Waals surface area contributed by atoms with Gasteiger partial charge in [-0.2, -0.15) is 4.68 Å². The second-order valence-corrected chi connectivity index (χ2v) is 6.53. The molecule has 1 aromatic carbocycles. The molecule has 0 bridgehead atoms. The minimum Gasteiger partial charge on any atom is -0.387 e. The maximum atomic E-state index is 11.9. The van der Waals surface area contributed by atoms with Gasteiger partial charge in [-0.3, -0.25) is 9.69 Å². The molecule has 7 nitrogen and oxygen atoms in total. The van der Waals surface area contributed by atoms with Crippen molar-refractivity contribution in [2.24, 2.45) is 0 Å². The molecule has 0 atom stereocenters. The molecule has 0 spiro atoms. The Morgan fingerprint density at radius 1 is 1.32 bits per heavy atom. The number of nitrogens with zero attached hydrogens (tertiary/aromatic N) is 3. The van der Waals surface area contributed by atoms with Gasteiger partial charge >= 0.3 is 5.76 Å². The lowest BCUT2D eigenvalue weighted by Crippen LogP contribution is -2.28. The Morgan fingerprint density at radius 3 is 2.72 bits per heavy atom. The number of hydrogen-bond donors (Lipinski definition) is 1. The fourth-order valence-corrected chi connectivity index (χ4v) is 3.04. The molecule has 25 heavy (non-hydrogen) atoms. The van der Waals surface area contributed by atoms with Crippen LogP contribution in [0.3, 0.4) is 0 Å². The SMILES string of the molecule is CNC(=O)c1ccc(CN(C)Cn2nc(-c3cccs3)oc2=O)cc1. The predicted molar refractivity (Wildman–Crippen MR) is 95.4 cm³/mol. The maximum Gasteiger partial charge on any atom is 0.438 e. The van der Waals surface area contributed by atoms with Crippen molar-refractivity contribution in [1.82, 2.24) is 20.0 Å². The molecule has 3 rings (SSSR count). The molecule has 130 valence electrons. The average Bonchev–Trinajstić information content (AvgIpc) is 3.25. The Labute approximate surface area is 148 Å². The number of aromatic nitrogens is 2. The van der Waals surface area contributed by atoms with Gasteiger partial charge < -0.3 is 9.73 Å². The summed E-state index contributed by atoms with van der Waals surface area (Å²) < 4.78 is 6.50. The highest BCUT2D eigenvalue weighted by Gasteiger charge is 2.13. The second kappa shape index (κ2) is 7.45. The van der Waals surface area contributed by atoms with Gasteiger partial charge in [-0.15, -0.1) is 16.4 Å². The summed E-state index contributed by atoms with van der Waals surface area (Å²) in [5, 5.41) is 8.73. The Balaban J connectivity index is 1.66. The van der Waals surface area contributed by atoms with Crippen LogP contribution in [0.5, 0.6) is 0 Å². The molecule has 0 aliphatic heterocycles. The molecule has 0 radical (unpaired) electrons. The maximum absolute atomic E-state index is 11.9. The number of thiophene rings is 1. The van der Waals surface area contributed by atoms with Crippen LogP contribution < -0.4 is 11.1 Å². The quantitative estimate of drug-likeness (QED) is 0.729. The normalized spacial score (nSPS) is 11.0. The molecule has 2 heterocycles. The molecule has 8 heteroatoms. The van der Waals surface area contributed by atoms with E-state index < -0.39 is 5.76 Å². The summed E-state index contributed by atoms with van der Waals surface area (Å²) in [6, 6.07) is 11.1. The van der Waals surface area contributed by atoms with E-state index in [0.29, 0.717) is 24.7 Å². The zero-order valence-electron chi connectivity index (χ0n) is 13.9. The molecule has 0 aliphatic carbocycles. The first-order chi connectivity index (χ1) is 12.1. The van der Waals surface area contributed by atoms with Crippen LogP contribution >= 0.6 is 11.3 Å². The molecule has 3 aromatic rings. The molecule has 0 fully saturated rings. The lowest BCUT2D eigenvalue weighted by Gasteiger charge is -2.15. The zero-order valence-corrected chi connectivity index (χ0v) is 14.7. The largest absolute Gasteiger partial charge is 0.438 e. The number of carbonyl (C=O) groups excluding carboxylic acids is 1. The van der Waals surface area contributed by atoms with Gasteiger partial charge in [-0.1, -0.05) is 18.2 Å². The third-order valence-electron chi connectivity index (χ3n) is 3.61. The lowest BCUT2D eigenvalue weighted by molar-refractivity contribution is 0.0963. The van der Waals surface area contributed by atoms with Crippen LogP contribution in [0.2, 0.25) is 0 Å². The number of benzene rings is 1. The van der Waals surface area contributed by atoms with E-state index in [1.807, 2.05) is 41.6 Å². The monoisotopic (exact) mass is 358 g/mol. The summed E-state index contributed by atoms with van der Waals surface area (Å²) in [7, 11) is 3.49. The van der Waals surface area contributed by atoms with Crippen molar-refractivity contribution >= 4 is 17.2 Å². The van der Waals surface area contributed by atoms with Crippen LogP contribution in [0.1, 0.15) is 15.9 Å². The Hall–Kier alpha value is -2.71. The van der Waals surface area contributed by atoms with Crippen LogP contribution in [-0.4, -0.2) is 34.7 Å². The number of nitrogens with one attached hydrogen (secondary N) is 1. The van der Waals surface area contributed by atoms with Crippen molar-refractivity contribution in [1.29, 1.82) is 0 Å². The summed E-state index contributed by atoms with van der Waals surface area (Å²) in [5.41, 5.74) is 1.65. The summed E-state index contributed by atoms with van der Waals surface area (Å²) in [6.07, 6.45) is 0. The van der Waals surface area contributed by atoms with Crippen LogP contribution in [0.4, 0.5) is 0 Å². The van der Waals surface area contributed by atoms with E-state index in [-0.39, 0.29) is 5.91 Å². The fraction of sp³-hybridized carbons (Fsp3) is 0.235. The molecule has 0 aliphatic rings. The molecule has 0 saturated heterocycles. The minimum atomic E-state index is -0.481. The van der Waals surface area contributed by atoms with E-state index in [0.717, 1.165) is 10.4 Å². The van der Waals surface area contributed by atoms with Crippen molar-refractivity contribution in [2.75, 3.05) is 14.1 Å². The van der Waals surface area contributed by atoms with Gasteiger partial charge in [0.15, 0.2) is 0 Å². The summed E-state index contributed by atoms with van der Waals surface area (Å²) in [4.78, 5) is 26.3. The first-order valence-electron chi connectivity index (χ1n) is 7.68. The summed E-state index contributed by atoms with van der Waals surface area (Å²) >= 11 is 1.47. The van der Waals surface area contributed by atoms with Crippen molar-refractivity contribution in [3.63, 3.8) is 0 Å². The Morgan fingerprint density at radius 2 is 2.08 bits per heavy atom. The number of amides is 1. The van der Waals surface area contributed by atoms with E-state index >= 15 is 0 Å². The van der Waals surface area contributed by atoms with Crippen LogP contribution in [-0.2, 0) is 13.2 Å². The molecule has 0 saturated carbocycles. The number of hydrogen-bond acceptors (Lipinski definition) is 6. The first kappa shape index (κ1) is 17.1. The van der Waals surface area contributed by atoms with Gasteiger partial charge in [0.05, 0.1) is 4.88 Å². The molecule has 2 aromatic heterocycles. The van der Waals surface area contributed by atoms with E-state index in [9.17, 15) is 9.59 Å². The average molecular weight is 358 g/mol. The van der Waals surface area contributed by atoms with E-state index in [2.05, 4.69) is 10.4 Å². The molecule has 1 amide bonds. The van der Waals surface area contributed by atoms with Crippen LogP contribution in [0, 0.1) is 0 Å². The Kier molecular flexibility index (Phi) is 5.11. The third kappa shape index (κ3) is 4.04. The third-order valence-corrected chi connectivity index (χ3v) is 4.47. The van der Waals surface area contributed by atoms with Gasteiger partial charge in [0.1, 0.15) is 6.67 Å². The summed E-state index contributed by atoms with van der Waals surface area (Å²) in [5.74, 6) is -0.260. The molecule has 0 unspecified atom stereocenters. The first-order valence-corrected chi connectivity index (χ1v) is 8.56. The Bertz CT molecular complexity index is 897. The van der Waals surface area contributed by atoms with Crippen LogP contribution in [0.25, 0.3) is 10.8 Å². The molecule has 1 N–H and O–H groups in total. The van der Waals surface area contributed by atoms with Gasteiger partial charge in [-0.25, -0.2) is 4.79 Å². The van der Waals surface area contributed by atoms with Gasteiger partial charge in [-0.05, 0) is 36.2 Å². The van der Waals surface area contributed by atoms with Crippen molar-refractivity contribution in [2.45, 2.75) is 13.2 Å². The predicted octanol–water partition coefficient (Wildman–Crippen LogP) is 2.01. The number of carbonyl (C=O) groups is 1. The smallest absolute Gasteiger partial charge is 0.387 e. The van der Waals surface area contributed by atoms with Gasteiger partial charge in [0.2, 0.25) is 0 Å². The van der Waals surface area contributed by atoms with Gasteiger partial charge in [0.25, 0.3) is 11.8 Å². The highest BCUT2D eigenvalue weighted by Crippen LogP contribution is 2.21. The summed E-state index contributed by atoms with van der Waals surface area (Å²) in [6.45, 7) is 0.923. The van der Waals surface area contributed by atoms with E-state index in [1.54, 1.807) is 19.2 Å².